The van der Waals surface area contributed by atoms with Crippen LogP contribution >= 0.6 is 11.3 Å². The number of pyridine rings is 1. The van der Waals surface area contributed by atoms with Crippen molar-refractivity contribution in [2.24, 2.45) is 0 Å². The second kappa shape index (κ2) is 7.59. The lowest BCUT2D eigenvalue weighted by atomic mass is 9.94. The Balaban J connectivity index is 1.36. The van der Waals surface area contributed by atoms with Gasteiger partial charge >= 0.3 is 0 Å². The van der Waals surface area contributed by atoms with Crippen LogP contribution in [0.3, 0.4) is 0 Å². The van der Waals surface area contributed by atoms with Gasteiger partial charge in [0.15, 0.2) is 5.13 Å². The van der Waals surface area contributed by atoms with Crippen molar-refractivity contribution in [3.8, 4) is 0 Å². The van der Waals surface area contributed by atoms with Crippen molar-refractivity contribution in [1.82, 2.24) is 15.3 Å². The molecule has 0 saturated carbocycles. The predicted octanol–water partition coefficient (Wildman–Crippen LogP) is 3.02. The summed E-state index contributed by atoms with van der Waals surface area (Å²) in [6.45, 7) is 3.02. The van der Waals surface area contributed by atoms with Crippen molar-refractivity contribution >= 4 is 16.5 Å². The molecule has 2 aliphatic heterocycles. The summed E-state index contributed by atoms with van der Waals surface area (Å²) < 4.78 is 6.09. The summed E-state index contributed by atoms with van der Waals surface area (Å²) in [5, 5.41) is 7.09. The first-order chi connectivity index (χ1) is 11.9. The molecule has 4 heterocycles. The summed E-state index contributed by atoms with van der Waals surface area (Å²) in [6.07, 6.45) is 10.4. The number of aromatic nitrogens is 2. The van der Waals surface area contributed by atoms with Crippen molar-refractivity contribution in [2.45, 2.75) is 43.9 Å². The fraction of sp³-hybridized carbons (Fsp3) is 0.556. The molecule has 0 spiro atoms. The van der Waals surface area contributed by atoms with E-state index in [9.17, 15) is 0 Å². The van der Waals surface area contributed by atoms with Crippen LogP contribution in [0.1, 0.15) is 37.4 Å². The smallest absolute Gasteiger partial charge is 0.185 e. The van der Waals surface area contributed by atoms with Gasteiger partial charge in [0, 0.05) is 55.8 Å². The normalized spacial score (nSPS) is 25.8. The highest BCUT2D eigenvalue weighted by molar-refractivity contribution is 7.13. The van der Waals surface area contributed by atoms with Crippen LogP contribution in [0.25, 0.3) is 0 Å². The molecule has 2 aromatic heterocycles. The maximum absolute atomic E-state index is 6.09. The monoisotopic (exact) mass is 344 g/mol. The molecule has 0 radical (unpaired) electrons. The van der Waals surface area contributed by atoms with Crippen LogP contribution in [0.2, 0.25) is 0 Å². The van der Waals surface area contributed by atoms with E-state index in [0.717, 1.165) is 31.2 Å². The van der Waals surface area contributed by atoms with Crippen molar-refractivity contribution in [2.75, 3.05) is 24.6 Å². The van der Waals surface area contributed by atoms with Crippen LogP contribution in [-0.2, 0) is 4.74 Å². The lowest BCUT2D eigenvalue weighted by Crippen LogP contribution is -2.49. The minimum atomic E-state index is 0.152. The zero-order valence-corrected chi connectivity index (χ0v) is 14.6. The average molecular weight is 344 g/mol. The Hall–Kier alpha value is -1.50. The molecule has 1 N–H and O–H groups in total. The topological polar surface area (TPSA) is 50.3 Å². The number of hydrogen-bond acceptors (Lipinski definition) is 6. The van der Waals surface area contributed by atoms with E-state index in [0.29, 0.717) is 12.1 Å². The number of nitrogens with one attached hydrogen (secondary N) is 1. The minimum Gasteiger partial charge on any atom is -0.372 e. The number of thiazole rings is 1. The number of rotatable bonds is 4. The van der Waals surface area contributed by atoms with Crippen LogP contribution in [0.4, 0.5) is 5.13 Å². The molecule has 24 heavy (non-hydrogen) atoms. The Morgan fingerprint density at radius 1 is 1.12 bits per heavy atom. The van der Waals surface area contributed by atoms with Gasteiger partial charge in [0.2, 0.25) is 0 Å². The summed E-state index contributed by atoms with van der Waals surface area (Å²) in [4.78, 5) is 11.0. The third kappa shape index (κ3) is 3.61. The number of piperidine rings is 1. The molecule has 0 aliphatic carbocycles. The summed E-state index contributed by atoms with van der Waals surface area (Å²) in [7, 11) is 0. The third-order valence-corrected chi connectivity index (χ3v) is 5.82. The Morgan fingerprint density at radius 3 is 2.71 bits per heavy atom. The fourth-order valence-corrected chi connectivity index (χ4v) is 4.44. The zero-order chi connectivity index (χ0) is 16.2. The highest BCUT2D eigenvalue weighted by Crippen LogP contribution is 2.30. The molecule has 4 rings (SSSR count). The minimum absolute atomic E-state index is 0.152. The number of hydrogen-bond donors (Lipinski definition) is 1. The molecule has 2 saturated heterocycles. The average Bonchev–Trinajstić information content (AvgIpc) is 3.18. The Kier molecular flexibility index (Phi) is 5.06. The summed E-state index contributed by atoms with van der Waals surface area (Å²) in [5.74, 6) is 0. The molecule has 2 aromatic rings. The van der Waals surface area contributed by atoms with Gasteiger partial charge in [-0.25, -0.2) is 4.98 Å². The number of ether oxygens (including phenoxy) is 1. The van der Waals surface area contributed by atoms with Gasteiger partial charge < -0.3 is 15.0 Å². The quantitative estimate of drug-likeness (QED) is 0.924. The Morgan fingerprint density at radius 2 is 1.96 bits per heavy atom. The van der Waals surface area contributed by atoms with Crippen molar-refractivity contribution in [3.05, 3.63) is 41.7 Å². The molecule has 2 aliphatic rings. The number of nitrogens with zero attached hydrogens (tertiary/aromatic N) is 3. The van der Waals surface area contributed by atoms with E-state index in [1.54, 1.807) is 11.3 Å². The van der Waals surface area contributed by atoms with E-state index in [1.807, 2.05) is 18.6 Å². The summed E-state index contributed by atoms with van der Waals surface area (Å²) in [5.41, 5.74) is 1.24. The second-order valence-corrected chi connectivity index (χ2v) is 7.44. The predicted molar refractivity (Wildman–Crippen MR) is 96.4 cm³/mol. The van der Waals surface area contributed by atoms with Crippen LogP contribution < -0.4 is 10.2 Å². The Labute approximate surface area is 147 Å². The van der Waals surface area contributed by atoms with Gasteiger partial charge in [-0.15, -0.1) is 11.3 Å². The molecule has 128 valence electrons. The van der Waals surface area contributed by atoms with E-state index >= 15 is 0 Å². The summed E-state index contributed by atoms with van der Waals surface area (Å²) >= 11 is 1.73. The lowest BCUT2D eigenvalue weighted by molar-refractivity contribution is -0.0147. The van der Waals surface area contributed by atoms with Gasteiger partial charge in [-0.05, 0) is 43.4 Å². The van der Waals surface area contributed by atoms with Gasteiger partial charge in [-0.2, -0.15) is 0 Å². The van der Waals surface area contributed by atoms with Crippen LogP contribution in [-0.4, -0.2) is 41.7 Å². The highest BCUT2D eigenvalue weighted by Gasteiger charge is 2.30. The maximum atomic E-state index is 6.09. The van der Waals surface area contributed by atoms with E-state index in [2.05, 4.69) is 37.7 Å². The number of anilines is 1. The molecule has 0 bridgehead atoms. The van der Waals surface area contributed by atoms with Crippen molar-refractivity contribution in [1.29, 1.82) is 0 Å². The van der Waals surface area contributed by atoms with E-state index in [-0.39, 0.29) is 6.10 Å². The van der Waals surface area contributed by atoms with Crippen molar-refractivity contribution in [3.63, 3.8) is 0 Å². The second-order valence-electron chi connectivity index (χ2n) is 6.56. The third-order valence-electron chi connectivity index (χ3n) is 4.99. The summed E-state index contributed by atoms with van der Waals surface area (Å²) in [6, 6.07) is 5.13. The maximum Gasteiger partial charge on any atom is 0.185 e. The van der Waals surface area contributed by atoms with E-state index < -0.39 is 0 Å². The van der Waals surface area contributed by atoms with Gasteiger partial charge in [-0.1, -0.05) is 0 Å². The van der Waals surface area contributed by atoms with Crippen molar-refractivity contribution < 1.29 is 4.74 Å². The lowest BCUT2D eigenvalue weighted by Gasteiger charge is -2.38. The highest BCUT2D eigenvalue weighted by atomic mass is 32.1. The molecular formula is C18H24N4OS. The standard InChI is InChI=1S/C18H24N4OS/c1-2-16(17(23-12-1)14-3-7-19-8-4-14)21-15-5-10-22(11-6-15)18-20-9-13-24-18/h3-4,7-9,13,15-17,21H,1-2,5-6,10-12H2/t16-,17+/m0/s1. The molecular weight excluding hydrogens is 320 g/mol. The van der Waals surface area contributed by atoms with Gasteiger partial charge in [0.1, 0.15) is 0 Å². The fourth-order valence-electron chi connectivity index (χ4n) is 3.75. The first kappa shape index (κ1) is 16.0. The molecule has 0 amide bonds. The molecule has 0 unspecified atom stereocenters. The Bertz CT molecular complexity index is 613. The molecule has 5 nitrogen and oxygen atoms in total. The van der Waals surface area contributed by atoms with Crippen LogP contribution in [0, 0.1) is 0 Å². The van der Waals surface area contributed by atoms with Gasteiger partial charge in [0.25, 0.3) is 0 Å². The van der Waals surface area contributed by atoms with Gasteiger partial charge in [0.05, 0.1) is 6.10 Å². The molecule has 2 fully saturated rings. The van der Waals surface area contributed by atoms with Crippen LogP contribution in [0.15, 0.2) is 36.1 Å². The first-order valence-corrected chi connectivity index (χ1v) is 9.70. The van der Waals surface area contributed by atoms with Gasteiger partial charge in [-0.3, -0.25) is 4.98 Å². The van der Waals surface area contributed by atoms with Crippen LogP contribution in [0.5, 0.6) is 0 Å². The molecule has 2 atom stereocenters. The largest absolute Gasteiger partial charge is 0.372 e. The zero-order valence-electron chi connectivity index (χ0n) is 13.8. The molecule has 6 heteroatoms. The molecule has 0 aromatic carbocycles. The first-order valence-electron chi connectivity index (χ1n) is 8.82. The van der Waals surface area contributed by atoms with E-state index in [1.165, 1.54) is 24.8 Å². The SMILES string of the molecule is c1cc([C@H]2OCCC[C@@H]2NC2CCN(c3nccs3)CC2)ccn1. The van der Waals surface area contributed by atoms with E-state index in [4.69, 9.17) is 4.74 Å².